The number of hydrogen-bond donors (Lipinski definition) is 0. The van der Waals surface area contributed by atoms with Crippen LogP contribution in [0.5, 0.6) is 0 Å². The van der Waals surface area contributed by atoms with Crippen LogP contribution in [-0.4, -0.2) is 12.6 Å². The van der Waals surface area contributed by atoms with Crippen LogP contribution in [0.3, 0.4) is 0 Å². The van der Waals surface area contributed by atoms with E-state index in [0.717, 1.165) is 18.2 Å². The van der Waals surface area contributed by atoms with Crippen molar-refractivity contribution >= 4 is 21.9 Å². The number of rotatable bonds is 2. The maximum absolute atomic E-state index is 12.4. The van der Waals surface area contributed by atoms with Crippen LogP contribution >= 0.6 is 15.9 Å². The molecule has 1 rings (SSSR count). The van der Waals surface area contributed by atoms with Crippen molar-refractivity contribution in [1.29, 1.82) is 0 Å². The Morgan fingerprint density at radius 1 is 1.44 bits per heavy atom. The number of carbonyl (C=O) groups is 1. The summed E-state index contributed by atoms with van der Waals surface area (Å²) < 4.78 is 41.6. The first-order valence-corrected chi connectivity index (χ1v) is 5.19. The molecule has 2 nitrogen and oxygen atoms in total. The van der Waals surface area contributed by atoms with Crippen LogP contribution in [0.15, 0.2) is 22.7 Å². The molecule has 0 aliphatic rings. The van der Waals surface area contributed by atoms with E-state index in [9.17, 15) is 18.0 Å². The SMILES string of the molecule is CCOC(=O)c1ccc(C(F)(F)F)c(Br)c1. The van der Waals surface area contributed by atoms with Gasteiger partial charge in [-0.3, -0.25) is 0 Å². The van der Waals surface area contributed by atoms with Crippen LogP contribution in [0, 0.1) is 0 Å². The first-order valence-electron chi connectivity index (χ1n) is 4.40. The van der Waals surface area contributed by atoms with E-state index in [4.69, 9.17) is 0 Å². The van der Waals surface area contributed by atoms with Crippen LogP contribution in [0.2, 0.25) is 0 Å². The van der Waals surface area contributed by atoms with Crippen molar-refractivity contribution in [1.82, 2.24) is 0 Å². The number of esters is 1. The van der Waals surface area contributed by atoms with Crippen LogP contribution in [-0.2, 0) is 10.9 Å². The first kappa shape index (κ1) is 13.0. The Hall–Kier alpha value is -1.04. The van der Waals surface area contributed by atoms with E-state index >= 15 is 0 Å². The fourth-order valence-corrected chi connectivity index (χ4v) is 1.69. The van der Waals surface area contributed by atoms with E-state index < -0.39 is 17.7 Å². The van der Waals surface area contributed by atoms with Gasteiger partial charge in [-0.1, -0.05) is 15.9 Å². The van der Waals surface area contributed by atoms with Gasteiger partial charge in [0.1, 0.15) is 0 Å². The van der Waals surface area contributed by atoms with Crippen molar-refractivity contribution in [2.75, 3.05) is 6.61 Å². The van der Waals surface area contributed by atoms with Crippen molar-refractivity contribution in [3.05, 3.63) is 33.8 Å². The molecule has 0 saturated heterocycles. The highest BCUT2D eigenvalue weighted by atomic mass is 79.9. The molecule has 6 heteroatoms. The number of alkyl halides is 3. The van der Waals surface area contributed by atoms with Crippen molar-refractivity contribution < 1.29 is 22.7 Å². The molecule has 88 valence electrons. The number of ether oxygens (including phenoxy) is 1. The highest BCUT2D eigenvalue weighted by Crippen LogP contribution is 2.35. The zero-order chi connectivity index (χ0) is 12.3. The maximum atomic E-state index is 12.4. The number of carbonyl (C=O) groups excluding carboxylic acids is 1. The Morgan fingerprint density at radius 2 is 2.06 bits per heavy atom. The molecule has 16 heavy (non-hydrogen) atoms. The zero-order valence-electron chi connectivity index (χ0n) is 8.27. The minimum absolute atomic E-state index is 0.0849. The van der Waals surface area contributed by atoms with Gasteiger partial charge in [0, 0.05) is 4.47 Å². The van der Waals surface area contributed by atoms with Gasteiger partial charge in [-0.2, -0.15) is 13.2 Å². The zero-order valence-corrected chi connectivity index (χ0v) is 9.85. The fourth-order valence-electron chi connectivity index (χ4n) is 1.09. The maximum Gasteiger partial charge on any atom is 0.417 e. The minimum atomic E-state index is -4.44. The summed E-state index contributed by atoms with van der Waals surface area (Å²) in [6.07, 6.45) is -4.44. The molecule has 0 fully saturated rings. The van der Waals surface area contributed by atoms with Crippen LogP contribution in [0.4, 0.5) is 13.2 Å². The second kappa shape index (κ2) is 4.86. The third-order valence-corrected chi connectivity index (χ3v) is 2.44. The molecule has 0 heterocycles. The second-order valence-corrected chi connectivity index (χ2v) is 3.77. The first-order chi connectivity index (χ1) is 7.36. The van der Waals surface area contributed by atoms with E-state index in [1.807, 2.05) is 0 Å². The molecule has 0 unspecified atom stereocenters. The second-order valence-electron chi connectivity index (χ2n) is 2.91. The number of hydrogen-bond acceptors (Lipinski definition) is 2. The molecule has 0 spiro atoms. The Bertz CT molecular complexity index is 402. The smallest absolute Gasteiger partial charge is 0.417 e. The highest BCUT2D eigenvalue weighted by molar-refractivity contribution is 9.10. The average molecular weight is 297 g/mol. The molecule has 0 aromatic heterocycles. The molecule has 0 radical (unpaired) electrons. The molecule has 0 N–H and O–H groups in total. The topological polar surface area (TPSA) is 26.3 Å². The third kappa shape index (κ3) is 2.98. The normalized spacial score (nSPS) is 11.3. The quantitative estimate of drug-likeness (QED) is 0.779. The lowest BCUT2D eigenvalue weighted by molar-refractivity contribution is -0.138. The lowest BCUT2D eigenvalue weighted by Crippen LogP contribution is -2.09. The monoisotopic (exact) mass is 296 g/mol. The summed E-state index contributed by atoms with van der Waals surface area (Å²) in [6.45, 7) is 1.80. The fraction of sp³-hybridized carbons (Fsp3) is 0.300. The van der Waals surface area contributed by atoms with E-state index in [1.165, 1.54) is 0 Å². The lowest BCUT2D eigenvalue weighted by Gasteiger charge is -2.10. The molecule has 0 saturated carbocycles. The van der Waals surface area contributed by atoms with E-state index in [-0.39, 0.29) is 16.6 Å². The van der Waals surface area contributed by atoms with Gasteiger partial charge in [-0.05, 0) is 25.1 Å². The van der Waals surface area contributed by atoms with Crippen LogP contribution in [0.1, 0.15) is 22.8 Å². The summed E-state index contributed by atoms with van der Waals surface area (Å²) in [4.78, 5) is 11.2. The molecule has 0 aliphatic heterocycles. The van der Waals surface area contributed by atoms with Gasteiger partial charge in [0.2, 0.25) is 0 Å². The molecule has 0 atom stereocenters. The molecule has 0 bridgehead atoms. The van der Waals surface area contributed by atoms with E-state index in [1.54, 1.807) is 6.92 Å². The Labute approximate surface area is 98.5 Å². The van der Waals surface area contributed by atoms with Gasteiger partial charge >= 0.3 is 12.1 Å². The average Bonchev–Trinajstić information content (AvgIpc) is 2.16. The Kier molecular flexibility index (Phi) is 3.96. The highest BCUT2D eigenvalue weighted by Gasteiger charge is 2.33. The minimum Gasteiger partial charge on any atom is -0.462 e. The summed E-state index contributed by atoms with van der Waals surface area (Å²) in [5, 5.41) is 0. The van der Waals surface area contributed by atoms with Gasteiger partial charge in [0.25, 0.3) is 0 Å². The van der Waals surface area contributed by atoms with Gasteiger partial charge in [0.05, 0.1) is 17.7 Å². The summed E-state index contributed by atoms with van der Waals surface area (Å²) in [5.41, 5.74) is -0.734. The summed E-state index contributed by atoms with van der Waals surface area (Å²) >= 11 is 2.77. The van der Waals surface area contributed by atoms with E-state index in [2.05, 4.69) is 20.7 Å². The van der Waals surface area contributed by atoms with Crippen molar-refractivity contribution in [3.8, 4) is 0 Å². The molecular formula is C10H8BrF3O2. The van der Waals surface area contributed by atoms with Gasteiger partial charge < -0.3 is 4.74 Å². The van der Waals surface area contributed by atoms with Gasteiger partial charge in [0.15, 0.2) is 0 Å². The largest absolute Gasteiger partial charge is 0.462 e. The summed E-state index contributed by atoms with van der Waals surface area (Å²) in [5.74, 6) is -0.642. The Balaban J connectivity index is 3.05. The number of halogens is 4. The van der Waals surface area contributed by atoms with Crippen molar-refractivity contribution in [3.63, 3.8) is 0 Å². The standard InChI is InChI=1S/C10H8BrF3O2/c1-2-16-9(15)6-3-4-7(8(11)5-6)10(12,13)14/h3-5H,2H2,1H3. The van der Waals surface area contributed by atoms with Crippen LogP contribution < -0.4 is 0 Å². The molecule has 1 aromatic rings. The van der Waals surface area contributed by atoms with Crippen molar-refractivity contribution in [2.45, 2.75) is 13.1 Å². The molecular weight excluding hydrogens is 289 g/mol. The van der Waals surface area contributed by atoms with Crippen LogP contribution in [0.25, 0.3) is 0 Å². The third-order valence-electron chi connectivity index (χ3n) is 1.79. The van der Waals surface area contributed by atoms with Crippen molar-refractivity contribution in [2.24, 2.45) is 0 Å². The predicted octanol–water partition coefficient (Wildman–Crippen LogP) is 3.64. The summed E-state index contributed by atoms with van der Waals surface area (Å²) in [6, 6.07) is 3.03. The number of benzene rings is 1. The summed E-state index contributed by atoms with van der Waals surface area (Å²) in [7, 11) is 0. The lowest BCUT2D eigenvalue weighted by atomic mass is 10.1. The molecule has 0 aliphatic carbocycles. The Morgan fingerprint density at radius 3 is 2.50 bits per heavy atom. The van der Waals surface area contributed by atoms with Gasteiger partial charge in [-0.15, -0.1) is 0 Å². The predicted molar refractivity (Wildman–Crippen MR) is 55.1 cm³/mol. The van der Waals surface area contributed by atoms with E-state index in [0.29, 0.717) is 0 Å². The van der Waals surface area contributed by atoms with Gasteiger partial charge in [-0.25, -0.2) is 4.79 Å². The molecule has 1 aromatic carbocycles. The molecule has 0 amide bonds.